The molecule has 0 heterocycles. The van der Waals surface area contributed by atoms with E-state index in [2.05, 4.69) is 36.5 Å². The van der Waals surface area contributed by atoms with Gasteiger partial charge in [-0.15, -0.1) is 0 Å². The average molecular weight is 251 g/mol. The molecule has 0 saturated heterocycles. The second-order valence-corrected chi connectivity index (χ2v) is 5.21. The van der Waals surface area contributed by atoms with Gasteiger partial charge in [0.1, 0.15) is 0 Å². The van der Waals surface area contributed by atoms with E-state index in [4.69, 9.17) is 4.74 Å². The van der Waals surface area contributed by atoms with E-state index in [1.165, 1.54) is 5.56 Å². The molecule has 0 saturated carbocycles. The number of hydrogen-bond acceptors (Lipinski definition) is 3. The molecule has 0 aliphatic carbocycles. The van der Waals surface area contributed by atoms with Gasteiger partial charge in [0.25, 0.3) is 0 Å². The summed E-state index contributed by atoms with van der Waals surface area (Å²) in [5, 5.41) is 13.5. The first-order valence-corrected chi connectivity index (χ1v) is 6.52. The minimum Gasteiger partial charge on any atom is -0.389 e. The van der Waals surface area contributed by atoms with E-state index < -0.39 is 5.60 Å². The molecular formula is C15H25NO2. The Balaban J connectivity index is 2.30. The third-order valence-corrected chi connectivity index (χ3v) is 3.06. The maximum absolute atomic E-state index is 10.1. The fourth-order valence-corrected chi connectivity index (χ4v) is 1.84. The summed E-state index contributed by atoms with van der Waals surface area (Å²) in [6.07, 6.45) is 1.62. The van der Waals surface area contributed by atoms with Gasteiger partial charge in [-0.3, -0.25) is 0 Å². The van der Waals surface area contributed by atoms with Crippen molar-refractivity contribution in [1.29, 1.82) is 0 Å². The summed E-state index contributed by atoms with van der Waals surface area (Å²) >= 11 is 0. The minimum absolute atomic E-state index is 0.349. The van der Waals surface area contributed by atoms with Crippen molar-refractivity contribution >= 4 is 0 Å². The van der Waals surface area contributed by atoms with E-state index >= 15 is 0 Å². The molecular weight excluding hydrogens is 226 g/mol. The summed E-state index contributed by atoms with van der Waals surface area (Å²) in [6, 6.07) is 10.7. The van der Waals surface area contributed by atoms with Crippen LogP contribution in [-0.2, 0) is 11.2 Å². The van der Waals surface area contributed by atoms with Crippen molar-refractivity contribution in [3.63, 3.8) is 0 Å². The number of aliphatic hydroxyl groups is 1. The molecule has 0 bridgehead atoms. The lowest BCUT2D eigenvalue weighted by Gasteiger charge is -2.25. The first kappa shape index (κ1) is 15.2. The highest BCUT2D eigenvalue weighted by Gasteiger charge is 2.20. The molecule has 0 aliphatic heterocycles. The zero-order valence-electron chi connectivity index (χ0n) is 11.6. The van der Waals surface area contributed by atoms with Gasteiger partial charge in [-0.2, -0.15) is 0 Å². The Hall–Kier alpha value is -0.900. The first-order valence-electron chi connectivity index (χ1n) is 6.52. The number of rotatable bonds is 8. The SMILES string of the molecule is COCCC(C)(O)CNC(C)Cc1ccccc1. The van der Waals surface area contributed by atoms with Gasteiger partial charge in [0.15, 0.2) is 0 Å². The predicted octanol–water partition coefficient (Wildman–Crippen LogP) is 1.99. The molecule has 1 aromatic rings. The fraction of sp³-hybridized carbons (Fsp3) is 0.600. The molecule has 0 radical (unpaired) electrons. The van der Waals surface area contributed by atoms with E-state index in [0.29, 0.717) is 25.6 Å². The monoisotopic (exact) mass is 251 g/mol. The Morgan fingerprint density at radius 1 is 1.33 bits per heavy atom. The Morgan fingerprint density at radius 3 is 2.61 bits per heavy atom. The van der Waals surface area contributed by atoms with Gasteiger partial charge >= 0.3 is 0 Å². The van der Waals surface area contributed by atoms with E-state index in [1.807, 2.05) is 13.0 Å². The second kappa shape index (κ2) is 7.52. The molecule has 0 aliphatic rings. The van der Waals surface area contributed by atoms with Crippen molar-refractivity contribution in [1.82, 2.24) is 5.32 Å². The van der Waals surface area contributed by atoms with Crippen LogP contribution in [0.25, 0.3) is 0 Å². The Morgan fingerprint density at radius 2 is 2.00 bits per heavy atom. The molecule has 1 rings (SSSR count). The Kier molecular flexibility index (Phi) is 6.33. The van der Waals surface area contributed by atoms with Crippen LogP contribution in [-0.4, -0.2) is 37.0 Å². The van der Waals surface area contributed by atoms with Crippen molar-refractivity contribution in [2.75, 3.05) is 20.3 Å². The summed E-state index contributed by atoms with van der Waals surface area (Å²) in [6.45, 7) is 5.15. The van der Waals surface area contributed by atoms with Gasteiger partial charge in [-0.25, -0.2) is 0 Å². The third-order valence-electron chi connectivity index (χ3n) is 3.06. The zero-order chi connectivity index (χ0) is 13.4. The molecule has 0 aromatic heterocycles. The van der Waals surface area contributed by atoms with Crippen molar-refractivity contribution in [3.8, 4) is 0 Å². The summed E-state index contributed by atoms with van der Waals surface area (Å²) in [5.74, 6) is 0. The lowest BCUT2D eigenvalue weighted by Crippen LogP contribution is -2.42. The molecule has 102 valence electrons. The molecule has 2 atom stereocenters. The maximum atomic E-state index is 10.1. The van der Waals surface area contributed by atoms with Crippen LogP contribution in [0.1, 0.15) is 25.8 Å². The van der Waals surface area contributed by atoms with Gasteiger partial charge in [-0.1, -0.05) is 30.3 Å². The largest absolute Gasteiger partial charge is 0.389 e. The van der Waals surface area contributed by atoms with E-state index in [-0.39, 0.29) is 0 Å². The lowest BCUT2D eigenvalue weighted by molar-refractivity contribution is 0.0231. The van der Waals surface area contributed by atoms with Gasteiger partial charge in [0.2, 0.25) is 0 Å². The van der Waals surface area contributed by atoms with E-state index in [9.17, 15) is 5.11 Å². The van der Waals surface area contributed by atoms with Gasteiger partial charge in [0.05, 0.1) is 5.60 Å². The maximum Gasteiger partial charge on any atom is 0.0765 e. The third kappa shape index (κ3) is 6.15. The smallest absolute Gasteiger partial charge is 0.0765 e. The summed E-state index contributed by atoms with van der Waals surface area (Å²) < 4.78 is 4.99. The van der Waals surface area contributed by atoms with Crippen LogP contribution >= 0.6 is 0 Å². The van der Waals surface area contributed by atoms with Crippen molar-refractivity contribution in [3.05, 3.63) is 35.9 Å². The second-order valence-electron chi connectivity index (χ2n) is 5.21. The lowest BCUT2D eigenvalue weighted by atomic mass is 10.0. The zero-order valence-corrected chi connectivity index (χ0v) is 11.6. The first-order chi connectivity index (χ1) is 8.53. The number of hydrogen-bond donors (Lipinski definition) is 2. The minimum atomic E-state index is -0.707. The molecule has 2 unspecified atom stereocenters. The number of methoxy groups -OCH3 is 1. The average Bonchev–Trinajstić information content (AvgIpc) is 2.36. The Bertz CT molecular complexity index is 325. The molecule has 0 amide bonds. The standard InChI is InChI=1S/C15H25NO2/c1-13(11-14-7-5-4-6-8-14)16-12-15(2,17)9-10-18-3/h4-8,13,16-17H,9-12H2,1-3H3. The van der Waals surface area contributed by atoms with Gasteiger partial charge in [-0.05, 0) is 25.8 Å². The normalized spacial score (nSPS) is 16.2. The van der Waals surface area contributed by atoms with Crippen LogP contribution in [0.2, 0.25) is 0 Å². The van der Waals surface area contributed by atoms with E-state index in [0.717, 1.165) is 6.42 Å². The summed E-state index contributed by atoms with van der Waals surface area (Å²) in [7, 11) is 1.65. The quantitative estimate of drug-likeness (QED) is 0.742. The highest BCUT2D eigenvalue weighted by Crippen LogP contribution is 2.09. The topological polar surface area (TPSA) is 41.5 Å². The Labute approximate surface area is 110 Å². The van der Waals surface area contributed by atoms with Gasteiger partial charge < -0.3 is 15.2 Å². The van der Waals surface area contributed by atoms with E-state index in [1.54, 1.807) is 7.11 Å². The number of ether oxygens (including phenoxy) is 1. The summed E-state index contributed by atoms with van der Waals surface area (Å²) in [4.78, 5) is 0. The van der Waals surface area contributed by atoms with Crippen molar-refractivity contribution in [2.45, 2.75) is 38.3 Å². The highest BCUT2D eigenvalue weighted by atomic mass is 16.5. The molecule has 18 heavy (non-hydrogen) atoms. The molecule has 2 N–H and O–H groups in total. The highest BCUT2D eigenvalue weighted by molar-refractivity contribution is 5.15. The van der Waals surface area contributed by atoms with Gasteiger partial charge in [0, 0.05) is 32.7 Å². The fourth-order valence-electron chi connectivity index (χ4n) is 1.84. The number of benzene rings is 1. The van der Waals surface area contributed by atoms with Crippen LogP contribution in [0, 0.1) is 0 Å². The molecule has 3 nitrogen and oxygen atoms in total. The number of nitrogens with one attached hydrogen (secondary N) is 1. The van der Waals surface area contributed by atoms with Crippen LogP contribution in [0.4, 0.5) is 0 Å². The van der Waals surface area contributed by atoms with Crippen LogP contribution in [0.5, 0.6) is 0 Å². The van der Waals surface area contributed by atoms with Crippen LogP contribution < -0.4 is 5.32 Å². The van der Waals surface area contributed by atoms with Crippen molar-refractivity contribution < 1.29 is 9.84 Å². The van der Waals surface area contributed by atoms with Crippen molar-refractivity contribution in [2.24, 2.45) is 0 Å². The molecule has 1 aromatic carbocycles. The molecule has 0 spiro atoms. The predicted molar refractivity (Wildman–Crippen MR) is 74.7 cm³/mol. The molecule has 0 fully saturated rings. The van der Waals surface area contributed by atoms with Crippen LogP contribution in [0.3, 0.4) is 0 Å². The summed E-state index contributed by atoms with van der Waals surface area (Å²) in [5.41, 5.74) is 0.607. The van der Waals surface area contributed by atoms with Crippen LogP contribution in [0.15, 0.2) is 30.3 Å². The molecule has 3 heteroatoms.